The molecular formula is C18H28N3O4S+. The number of sulfonamides is 1. The van der Waals surface area contributed by atoms with Crippen LogP contribution in [0.25, 0.3) is 5.76 Å². The van der Waals surface area contributed by atoms with Gasteiger partial charge >= 0.3 is 0 Å². The number of hydrogen-bond donors (Lipinski definition) is 2. The highest BCUT2D eigenvalue weighted by Gasteiger charge is 2.38. The van der Waals surface area contributed by atoms with E-state index in [0.717, 1.165) is 21.9 Å². The number of amides is 1. The number of aliphatic hydroxyl groups is 1. The number of quaternary nitrogens is 1. The Kier molecular flexibility index (Phi) is 5.67. The van der Waals surface area contributed by atoms with Crippen LogP contribution in [0.5, 0.6) is 0 Å². The van der Waals surface area contributed by atoms with Crippen molar-refractivity contribution in [2.75, 3.05) is 33.7 Å². The fourth-order valence-electron chi connectivity index (χ4n) is 3.16. The number of nitrogens with one attached hydrogen (secondary N) is 1. The Labute approximate surface area is 155 Å². The molecule has 0 bridgehead atoms. The van der Waals surface area contributed by atoms with Crippen molar-refractivity contribution in [3.8, 4) is 0 Å². The minimum Gasteiger partial charge on any atom is -0.505 e. The zero-order valence-electron chi connectivity index (χ0n) is 16.0. The summed E-state index contributed by atoms with van der Waals surface area (Å²) in [4.78, 5) is 12.7. The molecule has 26 heavy (non-hydrogen) atoms. The van der Waals surface area contributed by atoms with Gasteiger partial charge in [-0.05, 0) is 32.9 Å². The van der Waals surface area contributed by atoms with Crippen LogP contribution in [0.15, 0.2) is 34.9 Å². The zero-order valence-corrected chi connectivity index (χ0v) is 16.8. The molecule has 1 aliphatic heterocycles. The highest BCUT2D eigenvalue weighted by Crippen LogP contribution is 2.34. The molecule has 0 saturated carbocycles. The summed E-state index contributed by atoms with van der Waals surface area (Å²) in [7, 11) is -0.496. The SMILES string of the molecule is CC[N+](C)(CC)CC(C)NC(=O)C1=C(O)c2ccccc2S(=O)(=O)N1C. The highest BCUT2D eigenvalue weighted by molar-refractivity contribution is 7.89. The third-order valence-corrected chi connectivity index (χ3v) is 6.97. The van der Waals surface area contributed by atoms with Crippen molar-refractivity contribution in [3.05, 3.63) is 35.5 Å². The molecule has 144 valence electrons. The lowest BCUT2D eigenvalue weighted by Gasteiger charge is -2.35. The lowest BCUT2D eigenvalue weighted by Crippen LogP contribution is -2.53. The summed E-state index contributed by atoms with van der Waals surface area (Å²) in [6.45, 7) is 8.61. The van der Waals surface area contributed by atoms with Crippen molar-refractivity contribution in [3.63, 3.8) is 0 Å². The van der Waals surface area contributed by atoms with Crippen molar-refractivity contribution in [2.45, 2.75) is 31.7 Å². The number of hydrogen-bond acceptors (Lipinski definition) is 4. The molecule has 1 aliphatic rings. The van der Waals surface area contributed by atoms with E-state index in [1.54, 1.807) is 12.1 Å². The van der Waals surface area contributed by atoms with Gasteiger partial charge in [-0.2, -0.15) is 0 Å². The number of likely N-dealkylation sites (N-methyl/N-ethyl adjacent to an activating group) is 2. The van der Waals surface area contributed by atoms with Crippen molar-refractivity contribution in [1.29, 1.82) is 0 Å². The summed E-state index contributed by atoms with van der Waals surface area (Å²) < 4.78 is 27.0. The van der Waals surface area contributed by atoms with Gasteiger partial charge in [0, 0.05) is 12.6 Å². The van der Waals surface area contributed by atoms with Gasteiger partial charge in [-0.1, -0.05) is 12.1 Å². The van der Waals surface area contributed by atoms with E-state index >= 15 is 0 Å². The van der Waals surface area contributed by atoms with E-state index in [2.05, 4.69) is 26.2 Å². The van der Waals surface area contributed by atoms with Crippen LogP contribution in [0, 0.1) is 0 Å². The fourth-order valence-corrected chi connectivity index (χ4v) is 4.56. The normalized spacial score (nSPS) is 17.7. The molecule has 0 spiro atoms. The molecule has 1 atom stereocenters. The summed E-state index contributed by atoms with van der Waals surface area (Å²) in [6.07, 6.45) is 0. The number of carbonyl (C=O) groups excluding carboxylic acids is 1. The second-order valence-corrected chi connectivity index (χ2v) is 8.91. The Morgan fingerprint density at radius 2 is 1.85 bits per heavy atom. The first-order chi connectivity index (χ1) is 12.1. The van der Waals surface area contributed by atoms with E-state index in [1.165, 1.54) is 19.2 Å². The Hall–Kier alpha value is -2.06. The van der Waals surface area contributed by atoms with Crippen LogP contribution in [0.1, 0.15) is 26.3 Å². The minimum absolute atomic E-state index is 0.00851. The van der Waals surface area contributed by atoms with Gasteiger partial charge in [0.2, 0.25) is 0 Å². The summed E-state index contributed by atoms with van der Waals surface area (Å²) in [5.74, 6) is -0.930. The smallest absolute Gasteiger partial charge is 0.272 e. The third kappa shape index (κ3) is 3.57. The Morgan fingerprint density at radius 1 is 1.27 bits per heavy atom. The molecule has 1 unspecified atom stereocenters. The maximum absolute atomic E-state index is 12.7. The summed E-state index contributed by atoms with van der Waals surface area (Å²) >= 11 is 0. The Balaban J connectivity index is 2.34. The zero-order chi connectivity index (χ0) is 19.7. The second kappa shape index (κ2) is 7.28. The van der Waals surface area contributed by atoms with Crippen LogP contribution >= 0.6 is 0 Å². The fraction of sp³-hybridized carbons (Fsp3) is 0.500. The standard InChI is InChI=1S/C18H27N3O4S/c1-6-21(5,7-2)12-13(3)19-18(23)16-17(22)14-10-8-9-11-15(14)26(24,25)20(16)4/h8-11,13H,6-7,12H2,1-5H3,(H-,19,22,23)/p+1. The molecule has 2 N–H and O–H groups in total. The van der Waals surface area contributed by atoms with E-state index in [4.69, 9.17) is 0 Å². The maximum Gasteiger partial charge on any atom is 0.272 e. The Morgan fingerprint density at radius 3 is 2.42 bits per heavy atom. The molecule has 1 aromatic rings. The van der Waals surface area contributed by atoms with Crippen LogP contribution in [0.4, 0.5) is 0 Å². The first kappa shape index (κ1) is 20.3. The third-order valence-electron chi connectivity index (χ3n) is 5.15. The van der Waals surface area contributed by atoms with E-state index in [1.807, 2.05) is 6.92 Å². The first-order valence-corrected chi connectivity index (χ1v) is 10.2. The van der Waals surface area contributed by atoms with Gasteiger partial charge in [0.15, 0.2) is 11.5 Å². The average molecular weight is 383 g/mol. The second-order valence-electron chi connectivity index (χ2n) is 6.97. The van der Waals surface area contributed by atoms with Crippen molar-refractivity contribution >= 4 is 21.7 Å². The summed E-state index contributed by atoms with van der Waals surface area (Å²) in [5, 5.41) is 13.4. The van der Waals surface area contributed by atoms with Crippen LogP contribution in [-0.4, -0.2) is 68.0 Å². The predicted octanol–water partition coefficient (Wildman–Crippen LogP) is 1.54. The molecule has 0 aliphatic carbocycles. The predicted molar refractivity (Wildman–Crippen MR) is 101 cm³/mol. The number of nitrogens with zero attached hydrogens (tertiary/aromatic N) is 2. The number of aliphatic hydroxyl groups excluding tert-OH is 1. The van der Waals surface area contributed by atoms with E-state index in [0.29, 0.717) is 6.54 Å². The minimum atomic E-state index is -3.88. The summed E-state index contributed by atoms with van der Waals surface area (Å²) in [6, 6.07) is 5.94. The topological polar surface area (TPSA) is 86.7 Å². The van der Waals surface area contributed by atoms with E-state index in [9.17, 15) is 18.3 Å². The molecule has 0 saturated heterocycles. The van der Waals surface area contributed by atoms with Gasteiger partial charge in [0.25, 0.3) is 15.9 Å². The highest BCUT2D eigenvalue weighted by atomic mass is 32.2. The number of benzene rings is 1. The van der Waals surface area contributed by atoms with Gasteiger partial charge < -0.3 is 14.9 Å². The van der Waals surface area contributed by atoms with Crippen molar-refractivity contribution < 1.29 is 22.8 Å². The van der Waals surface area contributed by atoms with Crippen LogP contribution < -0.4 is 5.32 Å². The largest absolute Gasteiger partial charge is 0.505 e. The van der Waals surface area contributed by atoms with Gasteiger partial charge in [-0.25, -0.2) is 8.42 Å². The van der Waals surface area contributed by atoms with Gasteiger partial charge in [-0.15, -0.1) is 0 Å². The van der Waals surface area contributed by atoms with Crippen LogP contribution in [0.3, 0.4) is 0 Å². The van der Waals surface area contributed by atoms with Gasteiger partial charge in [-0.3, -0.25) is 9.10 Å². The number of carbonyl (C=O) groups is 1. The molecule has 8 heteroatoms. The van der Waals surface area contributed by atoms with Crippen molar-refractivity contribution in [1.82, 2.24) is 9.62 Å². The van der Waals surface area contributed by atoms with Gasteiger partial charge in [0.05, 0.1) is 37.6 Å². The molecule has 7 nitrogen and oxygen atoms in total. The lowest BCUT2D eigenvalue weighted by atomic mass is 10.1. The quantitative estimate of drug-likeness (QED) is 0.731. The number of rotatable bonds is 6. The molecule has 0 fully saturated rings. The monoisotopic (exact) mass is 382 g/mol. The molecule has 2 rings (SSSR count). The lowest BCUT2D eigenvalue weighted by molar-refractivity contribution is -0.907. The maximum atomic E-state index is 12.7. The van der Waals surface area contributed by atoms with Crippen molar-refractivity contribution in [2.24, 2.45) is 0 Å². The van der Waals surface area contributed by atoms with Crippen LogP contribution in [-0.2, 0) is 14.8 Å². The molecule has 1 heterocycles. The molecule has 0 radical (unpaired) electrons. The molecule has 1 amide bonds. The summed E-state index contributed by atoms with van der Waals surface area (Å²) in [5.41, 5.74) is -0.108. The molecule has 0 aromatic heterocycles. The van der Waals surface area contributed by atoms with Crippen LogP contribution in [0.2, 0.25) is 0 Å². The average Bonchev–Trinajstić information content (AvgIpc) is 2.60. The van der Waals surface area contributed by atoms with Gasteiger partial charge in [0.1, 0.15) is 0 Å². The molecular weight excluding hydrogens is 354 g/mol. The first-order valence-electron chi connectivity index (χ1n) is 8.73. The van der Waals surface area contributed by atoms with E-state index in [-0.39, 0.29) is 28.0 Å². The number of fused-ring (bicyclic) bond motifs is 1. The molecule has 1 aromatic carbocycles. The Bertz CT molecular complexity index is 829. The van der Waals surface area contributed by atoms with E-state index < -0.39 is 15.9 Å².